The molecule has 0 radical (unpaired) electrons. The van der Waals surface area contributed by atoms with Crippen molar-refractivity contribution in [1.29, 1.82) is 0 Å². The summed E-state index contributed by atoms with van der Waals surface area (Å²) < 4.78 is 28.5. The van der Waals surface area contributed by atoms with Crippen molar-refractivity contribution in [2.45, 2.75) is 45.2 Å². The summed E-state index contributed by atoms with van der Waals surface area (Å²) in [6, 6.07) is 21.9. The first kappa shape index (κ1) is 26.9. The third-order valence-electron chi connectivity index (χ3n) is 6.05. The van der Waals surface area contributed by atoms with E-state index in [9.17, 15) is 18.0 Å². The van der Waals surface area contributed by atoms with Crippen molar-refractivity contribution in [2.75, 3.05) is 17.4 Å². The van der Waals surface area contributed by atoms with Gasteiger partial charge in [-0.15, -0.1) is 0 Å². The van der Waals surface area contributed by atoms with Gasteiger partial charge in [-0.05, 0) is 63.1 Å². The molecule has 0 aliphatic heterocycles. The third-order valence-corrected chi connectivity index (χ3v) is 7.84. The topological polar surface area (TPSA) is 86.8 Å². The Morgan fingerprint density at radius 3 is 2.11 bits per heavy atom. The molecule has 0 fully saturated rings. The lowest BCUT2D eigenvalue weighted by molar-refractivity contribution is -0.139. The zero-order valence-electron chi connectivity index (χ0n) is 21.1. The van der Waals surface area contributed by atoms with Gasteiger partial charge in [-0.2, -0.15) is 0 Å². The number of rotatable bonds is 10. The predicted octanol–water partition coefficient (Wildman–Crippen LogP) is 4.05. The summed E-state index contributed by atoms with van der Waals surface area (Å²) in [4.78, 5) is 28.0. The van der Waals surface area contributed by atoms with Crippen LogP contribution in [0, 0.1) is 13.8 Å². The highest BCUT2D eigenvalue weighted by Crippen LogP contribution is 2.25. The van der Waals surface area contributed by atoms with E-state index in [0.717, 1.165) is 21.0 Å². The second kappa shape index (κ2) is 11.9. The van der Waals surface area contributed by atoms with Gasteiger partial charge in [0.05, 0.1) is 10.6 Å². The predicted molar refractivity (Wildman–Crippen MR) is 142 cm³/mol. The van der Waals surface area contributed by atoms with Gasteiger partial charge in [0.2, 0.25) is 11.8 Å². The number of para-hydroxylation sites is 1. The van der Waals surface area contributed by atoms with E-state index >= 15 is 0 Å². The Bertz CT molecular complexity index is 1290. The number of nitrogens with zero attached hydrogens (tertiary/aromatic N) is 2. The van der Waals surface area contributed by atoms with Gasteiger partial charge in [0, 0.05) is 13.1 Å². The number of likely N-dealkylation sites (N-methyl/N-ethyl adjacent to an activating group) is 1. The summed E-state index contributed by atoms with van der Waals surface area (Å²) >= 11 is 0. The van der Waals surface area contributed by atoms with Gasteiger partial charge in [-0.25, -0.2) is 8.42 Å². The van der Waals surface area contributed by atoms with Crippen molar-refractivity contribution in [3.8, 4) is 0 Å². The van der Waals surface area contributed by atoms with Crippen molar-refractivity contribution in [2.24, 2.45) is 0 Å². The summed E-state index contributed by atoms with van der Waals surface area (Å²) in [5.74, 6) is -0.774. The van der Waals surface area contributed by atoms with E-state index in [4.69, 9.17) is 0 Å². The normalized spacial score (nSPS) is 12.0. The molecule has 2 amide bonds. The van der Waals surface area contributed by atoms with Crippen LogP contribution in [0.3, 0.4) is 0 Å². The summed E-state index contributed by atoms with van der Waals surface area (Å²) in [6.45, 7) is 7.43. The van der Waals surface area contributed by atoms with Gasteiger partial charge in [0.25, 0.3) is 10.0 Å². The first-order chi connectivity index (χ1) is 17.1. The molecule has 0 saturated carbocycles. The molecule has 0 aliphatic carbocycles. The van der Waals surface area contributed by atoms with E-state index in [-0.39, 0.29) is 17.3 Å². The van der Waals surface area contributed by atoms with Crippen molar-refractivity contribution in [3.63, 3.8) is 0 Å². The van der Waals surface area contributed by atoms with Crippen LogP contribution >= 0.6 is 0 Å². The Morgan fingerprint density at radius 2 is 1.50 bits per heavy atom. The molecule has 3 aromatic carbocycles. The van der Waals surface area contributed by atoms with E-state index in [1.807, 2.05) is 45.0 Å². The van der Waals surface area contributed by atoms with E-state index in [1.54, 1.807) is 49.4 Å². The SMILES string of the molecule is CCNC(=O)[C@@H](C)N(Cc1ccccc1C)C(=O)CN(c1ccccc1)S(=O)(=O)c1ccc(C)cc1. The van der Waals surface area contributed by atoms with Gasteiger partial charge >= 0.3 is 0 Å². The van der Waals surface area contributed by atoms with Crippen LogP contribution in [0.15, 0.2) is 83.8 Å². The van der Waals surface area contributed by atoms with Crippen LogP contribution in [-0.4, -0.2) is 44.3 Å². The van der Waals surface area contributed by atoms with Crippen LogP contribution in [0.1, 0.15) is 30.5 Å². The van der Waals surface area contributed by atoms with Crippen LogP contribution in [0.4, 0.5) is 5.69 Å². The minimum atomic E-state index is -4.05. The Kier molecular flexibility index (Phi) is 8.88. The lowest BCUT2D eigenvalue weighted by Crippen LogP contribution is -2.51. The fraction of sp³-hybridized carbons (Fsp3) is 0.286. The van der Waals surface area contributed by atoms with Crippen LogP contribution in [0.5, 0.6) is 0 Å². The summed E-state index contributed by atoms with van der Waals surface area (Å²) in [5, 5.41) is 2.76. The number of carbonyl (C=O) groups excluding carboxylic acids is 2. The zero-order chi connectivity index (χ0) is 26.3. The number of anilines is 1. The number of hydrogen-bond acceptors (Lipinski definition) is 4. The average Bonchev–Trinajstić information content (AvgIpc) is 2.87. The third kappa shape index (κ3) is 6.31. The Labute approximate surface area is 213 Å². The van der Waals surface area contributed by atoms with E-state index in [0.29, 0.717) is 12.2 Å². The molecule has 7 nitrogen and oxygen atoms in total. The van der Waals surface area contributed by atoms with E-state index in [2.05, 4.69) is 5.32 Å². The molecule has 8 heteroatoms. The molecule has 0 bridgehead atoms. The maximum atomic E-state index is 13.8. The quantitative estimate of drug-likeness (QED) is 0.449. The minimum Gasteiger partial charge on any atom is -0.355 e. The molecule has 0 unspecified atom stereocenters. The Hall–Kier alpha value is -3.65. The monoisotopic (exact) mass is 507 g/mol. The van der Waals surface area contributed by atoms with E-state index in [1.165, 1.54) is 17.0 Å². The number of aryl methyl sites for hydroxylation is 2. The molecule has 0 aliphatic rings. The fourth-order valence-corrected chi connectivity index (χ4v) is 5.25. The smallest absolute Gasteiger partial charge is 0.264 e. The van der Waals surface area contributed by atoms with Gasteiger partial charge < -0.3 is 10.2 Å². The summed E-state index contributed by atoms with van der Waals surface area (Å²) in [5.41, 5.74) is 3.16. The highest BCUT2D eigenvalue weighted by Gasteiger charge is 2.32. The molecule has 0 spiro atoms. The molecule has 0 heterocycles. The van der Waals surface area contributed by atoms with Crippen molar-refractivity contribution >= 4 is 27.5 Å². The maximum absolute atomic E-state index is 13.8. The number of nitrogens with one attached hydrogen (secondary N) is 1. The standard InChI is InChI=1S/C28H33N3O4S/c1-5-29-28(33)23(4)30(19-24-12-10-9-11-22(24)3)27(32)20-31(25-13-7-6-8-14-25)36(34,35)26-17-15-21(2)16-18-26/h6-18,23H,5,19-20H2,1-4H3,(H,29,33)/t23-/m1/s1. The van der Waals surface area contributed by atoms with Crippen LogP contribution in [0.2, 0.25) is 0 Å². The van der Waals surface area contributed by atoms with Crippen molar-refractivity contribution in [1.82, 2.24) is 10.2 Å². The number of benzene rings is 3. The van der Waals surface area contributed by atoms with Gasteiger partial charge in [-0.3, -0.25) is 13.9 Å². The number of sulfonamides is 1. The molecular formula is C28H33N3O4S. The first-order valence-electron chi connectivity index (χ1n) is 11.9. The van der Waals surface area contributed by atoms with Gasteiger partial charge in [-0.1, -0.05) is 60.2 Å². The second-order valence-corrected chi connectivity index (χ2v) is 10.5. The minimum absolute atomic E-state index is 0.0898. The Morgan fingerprint density at radius 1 is 0.889 bits per heavy atom. The first-order valence-corrected chi connectivity index (χ1v) is 13.3. The molecule has 1 atom stereocenters. The number of carbonyl (C=O) groups is 2. The lowest BCUT2D eigenvalue weighted by atomic mass is 10.1. The lowest BCUT2D eigenvalue weighted by Gasteiger charge is -2.32. The zero-order valence-corrected chi connectivity index (χ0v) is 22.0. The highest BCUT2D eigenvalue weighted by molar-refractivity contribution is 7.92. The molecule has 36 heavy (non-hydrogen) atoms. The molecule has 3 rings (SSSR count). The molecule has 1 N–H and O–H groups in total. The number of hydrogen-bond donors (Lipinski definition) is 1. The van der Waals surface area contributed by atoms with Crippen molar-refractivity contribution in [3.05, 3.63) is 95.6 Å². The molecule has 0 saturated heterocycles. The second-order valence-electron chi connectivity index (χ2n) is 8.68. The Balaban J connectivity index is 2.01. The van der Waals surface area contributed by atoms with Gasteiger partial charge in [0.1, 0.15) is 12.6 Å². The molecule has 190 valence electrons. The summed E-state index contributed by atoms with van der Waals surface area (Å²) in [6.07, 6.45) is 0. The van der Waals surface area contributed by atoms with Crippen molar-refractivity contribution < 1.29 is 18.0 Å². The average molecular weight is 508 g/mol. The maximum Gasteiger partial charge on any atom is 0.264 e. The van der Waals surface area contributed by atoms with Crippen LogP contribution < -0.4 is 9.62 Å². The fourth-order valence-electron chi connectivity index (χ4n) is 3.84. The van der Waals surface area contributed by atoms with Crippen LogP contribution in [-0.2, 0) is 26.2 Å². The molecule has 0 aromatic heterocycles. The van der Waals surface area contributed by atoms with Crippen LogP contribution in [0.25, 0.3) is 0 Å². The van der Waals surface area contributed by atoms with E-state index < -0.39 is 28.5 Å². The summed E-state index contributed by atoms with van der Waals surface area (Å²) in [7, 11) is -4.05. The molecular weight excluding hydrogens is 474 g/mol. The van der Waals surface area contributed by atoms with Gasteiger partial charge in [0.15, 0.2) is 0 Å². The molecule has 3 aromatic rings. The largest absolute Gasteiger partial charge is 0.355 e. The number of amides is 2. The highest BCUT2D eigenvalue weighted by atomic mass is 32.2.